The van der Waals surface area contributed by atoms with Gasteiger partial charge in [0.25, 0.3) is 0 Å². The summed E-state index contributed by atoms with van der Waals surface area (Å²) in [5.74, 6) is 0.0503. The summed E-state index contributed by atoms with van der Waals surface area (Å²) in [6, 6.07) is 0. The van der Waals surface area contributed by atoms with Crippen LogP contribution in [0.15, 0.2) is 0 Å². The first-order chi connectivity index (χ1) is 10.1. The Balaban J connectivity index is 2.35. The molecule has 21 heavy (non-hydrogen) atoms. The van der Waals surface area contributed by atoms with E-state index in [-0.39, 0.29) is 17.8 Å². The van der Waals surface area contributed by atoms with Crippen molar-refractivity contribution in [3.63, 3.8) is 0 Å². The maximum absolute atomic E-state index is 12.3. The van der Waals surface area contributed by atoms with Crippen LogP contribution in [-0.2, 0) is 14.3 Å². The SMILES string of the molecule is CCCCN(CC)CC(=O)N1CCC(C(=O)OCC)CC1. The average Bonchev–Trinajstić information content (AvgIpc) is 2.51. The van der Waals surface area contributed by atoms with E-state index in [0.29, 0.717) is 26.2 Å². The second-order valence-corrected chi connectivity index (χ2v) is 5.63. The van der Waals surface area contributed by atoms with Gasteiger partial charge < -0.3 is 9.64 Å². The number of unbranched alkanes of at least 4 members (excludes halogenated alkanes) is 1. The zero-order valence-corrected chi connectivity index (χ0v) is 13.8. The van der Waals surface area contributed by atoms with Crippen LogP contribution in [0.2, 0.25) is 0 Å². The predicted octanol–water partition coefficient (Wildman–Crippen LogP) is 1.91. The molecule has 0 bridgehead atoms. The Morgan fingerprint density at radius 2 is 1.86 bits per heavy atom. The summed E-state index contributed by atoms with van der Waals surface area (Å²) >= 11 is 0. The Kier molecular flexibility index (Phi) is 8.35. The van der Waals surface area contributed by atoms with Gasteiger partial charge in [-0.2, -0.15) is 0 Å². The molecule has 5 nitrogen and oxygen atoms in total. The van der Waals surface area contributed by atoms with Gasteiger partial charge in [0.15, 0.2) is 0 Å². The van der Waals surface area contributed by atoms with E-state index in [0.717, 1.165) is 38.8 Å². The highest BCUT2D eigenvalue weighted by Gasteiger charge is 2.28. The minimum absolute atomic E-state index is 0.0311. The molecule has 0 spiro atoms. The standard InChI is InChI=1S/C16H30N2O3/c1-4-7-10-17(5-2)13-15(19)18-11-8-14(9-12-18)16(20)21-6-3/h14H,4-13H2,1-3H3. The monoisotopic (exact) mass is 298 g/mol. The molecule has 122 valence electrons. The van der Waals surface area contributed by atoms with Crippen LogP contribution in [0.25, 0.3) is 0 Å². The number of rotatable bonds is 8. The van der Waals surface area contributed by atoms with E-state index in [1.807, 2.05) is 11.8 Å². The van der Waals surface area contributed by atoms with Crippen molar-refractivity contribution in [1.82, 2.24) is 9.80 Å². The Morgan fingerprint density at radius 3 is 2.38 bits per heavy atom. The fraction of sp³-hybridized carbons (Fsp3) is 0.875. The van der Waals surface area contributed by atoms with Crippen LogP contribution >= 0.6 is 0 Å². The molecule has 0 aromatic heterocycles. The molecule has 5 heteroatoms. The van der Waals surface area contributed by atoms with Gasteiger partial charge in [0.05, 0.1) is 19.1 Å². The summed E-state index contributed by atoms with van der Waals surface area (Å²) in [4.78, 5) is 28.1. The fourth-order valence-corrected chi connectivity index (χ4v) is 2.65. The number of nitrogens with zero attached hydrogens (tertiary/aromatic N) is 2. The number of esters is 1. The third-order valence-electron chi connectivity index (χ3n) is 4.10. The van der Waals surface area contributed by atoms with Gasteiger partial charge >= 0.3 is 5.97 Å². The van der Waals surface area contributed by atoms with E-state index in [1.165, 1.54) is 0 Å². The molecule has 0 saturated carbocycles. The number of ether oxygens (including phenoxy) is 1. The summed E-state index contributed by atoms with van der Waals surface area (Å²) < 4.78 is 5.05. The number of carbonyl (C=O) groups is 2. The first kappa shape index (κ1) is 18.0. The largest absolute Gasteiger partial charge is 0.466 e. The Hall–Kier alpha value is -1.10. The smallest absolute Gasteiger partial charge is 0.309 e. The molecule has 0 aromatic carbocycles. The van der Waals surface area contributed by atoms with Crippen molar-refractivity contribution in [2.24, 2.45) is 5.92 Å². The number of hydrogen-bond donors (Lipinski definition) is 0. The Labute approximate surface area is 128 Å². The van der Waals surface area contributed by atoms with Gasteiger partial charge in [-0.25, -0.2) is 0 Å². The first-order valence-electron chi connectivity index (χ1n) is 8.29. The van der Waals surface area contributed by atoms with Gasteiger partial charge in [0, 0.05) is 13.1 Å². The molecule has 1 saturated heterocycles. The van der Waals surface area contributed by atoms with Crippen LogP contribution in [0.1, 0.15) is 46.5 Å². The molecule has 1 heterocycles. The highest BCUT2D eigenvalue weighted by Crippen LogP contribution is 2.19. The van der Waals surface area contributed by atoms with Crippen molar-refractivity contribution in [3.8, 4) is 0 Å². The quantitative estimate of drug-likeness (QED) is 0.642. The van der Waals surface area contributed by atoms with Gasteiger partial charge in [0.1, 0.15) is 0 Å². The maximum atomic E-state index is 12.3. The molecular formula is C16H30N2O3. The summed E-state index contributed by atoms with van der Waals surface area (Å²) in [6.07, 6.45) is 3.74. The zero-order valence-electron chi connectivity index (χ0n) is 13.8. The summed E-state index contributed by atoms with van der Waals surface area (Å²) in [7, 11) is 0. The number of likely N-dealkylation sites (tertiary alicyclic amines) is 1. The normalized spacial score (nSPS) is 16.3. The molecule has 1 rings (SSSR count). The van der Waals surface area contributed by atoms with Gasteiger partial charge in [-0.3, -0.25) is 14.5 Å². The molecule has 1 amide bonds. The van der Waals surface area contributed by atoms with Gasteiger partial charge in [-0.15, -0.1) is 0 Å². The molecule has 1 aliphatic rings. The Bertz CT molecular complexity index is 325. The second-order valence-electron chi connectivity index (χ2n) is 5.63. The fourth-order valence-electron chi connectivity index (χ4n) is 2.65. The zero-order chi connectivity index (χ0) is 15.7. The molecule has 1 aliphatic heterocycles. The summed E-state index contributed by atoms with van der Waals surface area (Å²) in [5.41, 5.74) is 0. The maximum Gasteiger partial charge on any atom is 0.309 e. The van der Waals surface area contributed by atoms with Crippen molar-refractivity contribution in [2.75, 3.05) is 39.3 Å². The minimum Gasteiger partial charge on any atom is -0.466 e. The highest BCUT2D eigenvalue weighted by atomic mass is 16.5. The number of carbonyl (C=O) groups excluding carboxylic acids is 2. The van der Waals surface area contributed by atoms with E-state index >= 15 is 0 Å². The lowest BCUT2D eigenvalue weighted by Gasteiger charge is -2.32. The van der Waals surface area contributed by atoms with E-state index in [9.17, 15) is 9.59 Å². The number of amides is 1. The number of piperidine rings is 1. The minimum atomic E-state index is -0.109. The summed E-state index contributed by atoms with van der Waals surface area (Å²) in [5, 5.41) is 0. The second kappa shape index (κ2) is 9.77. The molecule has 0 aliphatic carbocycles. The number of likely N-dealkylation sites (N-methyl/N-ethyl adjacent to an activating group) is 1. The van der Waals surface area contributed by atoms with E-state index in [2.05, 4.69) is 18.7 Å². The third kappa shape index (κ3) is 6.04. The molecule has 0 radical (unpaired) electrons. The average molecular weight is 298 g/mol. The van der Waals surface area contributed by atoms with Gasteiger partial charge in [-0.1, -0.05) is 20.3 Å². The van der Waals surface area contributed by atoms with Gasteiger partial charge in [0.2, 0.25) is 5.91 Å². The molecule has 0 N–H and O–H groups in total. The van der Waals surface area contributed by atoms with Crippen molar-refractivity contribution in [3.05, 3.63) is 0 Å². The molecule has 0 aromatic rings. The Morgan fingerprint density at radius 1 is 1.19 bits per heavy atom. The topological polar surface area (TPSA) is 49.9 Å². The van der Waals surface area contributed by atoms with Crippen molar-refractivity contribution in [2.45, 2.75) is 46.5 Å². The number of hydrogen-bond acceptors (Lipinski definition) is 4. The van der Waals surface area contributed by atoms with Gasteiger partial charge in [-0.05, 0) is 39.3 Å². The van der Waals surface area contributed by atoms with Crippen molar-refractivity contribution >= 4 is 11.9 Å². The van der Waals surface area contributed by atoms with E-state index < -0.39 is 0 Å². The van der Waals surface area contributed by atoms with Crippen LogP contribution in [0, 0.1) is 5.92 Å². The van der Waals surface area contributed by atoms with E-state index in [4.69, 9.17) is 4.74 Å². The molecule has 0 atom stereocenters. The predicted molar refractivity (Wildman–Crippen MR) is 83.0 cm³/mol. The van der Waals surface area contributed by atoms with Crippen LogP contribution in [0.3, 0.4) is 0 Å². The van der Waals surface area contributed by atoms with Crippen LogP contribution in [0.5, 0.6) is 0 Å². The highest BCUT2D eigenvalue weighted by molar-refractivity contribution is 5.79. The lowest BCUT2D eigenvalue weighted by atomic mass is 9.97. The molecule has 0 unspecified atom stereocenters. The summed E-state index contributed by atoms with van der Waals surface area (Å²) in [6.45, 7) is 10.3. The lowest BCUT2D eigenvalue weighted by Crippen LogP contribution is -2.45. The molecular weight excluding hydrogens is 268 g/mol. The van der Waals surface area contributed by atoms with Crippen molar-refractivity contribution < 1.29 is 14.3 Å². The lowest BCUT2D eigenvalue weighted by molar-refractivity contribution is -0.151. The van der Waals surface area contributed by atoms with Crippen molar-refractivity contribution in [1.29, 1.82) is 0 Å². The van der Waals surface area contributed by atoms with Crippen LogP contribution < -0.4 is 0 Å². The first-order valence-corrected chi connectivity index (χ1v) is 8.29. The van der Waals surface area contributed by atoms with Crippen LogP contribution in [0.4, 0.5) is 0 Å². The third-order valence-corrected chi connectivity index (χ3v) is 4.10. The molecule has 1 fully saturated rings. The van der Waals surface area contributed by atoms with E-state index in [1.54, 1.807) is 0 Å². The van der Waals surface area contributed by atoms with Crippen LogP contribution in [-0.4, -0.2) is 61.0 Å².